The van der Waals surface area contributed by atoms with Crippen molar-refractivity contribution in [1.82, 2.24) is 5.06 Å². The van der Waals surface area contributed by atoms with Gasteiger partial charge in [-0.2, -0.15) is 18.9 Å². The zero-order chi connectivity index (χ0) is 15.8. The number of fused-ring (bicyclic) bond motifs is 1. The number of carbonyl (C=O) groups excluding carboxylic acids is 2. The summed E-state index contributed by atoms with van der Waals surface area (Å²) in [6.07, 6.45) is 2.11. The SMILES string of the molecule is CON1C2=CC(=O)C(=NC(=O)N=N)C=C2CC1S(=O)(=O)O. The van der Waals surface area contributed by atoms with Crippen LogP contribution in [0.25, 0.3) is 0 Å². The van der Waals surface area contributed by atoms with Crippen LogP contribution in [0, 0.1) is 5.53 Å². The summed E-state index contributed by atoms with van der Waals surface area (Å²) in [5.74, 6) is -0.663. The highest BCUT2D eigenvalue weighted by Crippen LogP contribution is 2.36. The van der Waals surface area contributed by atoms with Gasteiger partial charge >= 0.3 is 6.03 Å². The fraction of sp³-hybridized carbons (Fsp3) is 0.300. The molecule has 1 unspecified atom stereocenters. The molecule has 0 spiro atoms. The van der Waals surface area contributed by atoms with Crippen LogP contribution in [0.2, 0.25) is 0 Å². The Bertz CT molecular complexity index is 720. The second kappa shape index (κ2) is 5.27. The van der Waals surface area contributed by atoms with Gasteiger partial charge in [0.1, 0.15) is 5.71 Å². The normalized spacial score (nSPS) is 23.7. The number of amides is 2. The lowest BCUT2D eigenvalue weighted by atomic mass is 10.0. The molecule has 1 aliphatic carbocycles. The maximum atomic E-state index is 11.8. The molecule has 1 fully saturated rings. The van der Waals surface area contributed by atoms with Gasteiger partial charge in [-0.25, -0.2) is 9.86 Å². The van der Waals surface area contributed by atoms with E-state index in [1.54, 1.807) is 0 Å². The Morgan fingerprint density at radius 3 is 2.71 bits per heavy atom. The second-order valence-electron chi connectivity index (χ2n) is 4.14. The largest absolute Gasteiger partial charge is 0.385 e. The van der Waals surface area contributed by atoms with E-state index in [9.17, 15) is 18.0 Å². The molecule has 0 saturated carbocycles. The highest BCUT2D eigenvalue weighted by Gasteiger charge is 2.42. The highest BCUT2D eigenvalue weighted by molar-refractivity contribution is 7.86. The molecule has 2 N–H and O–H groups in total. The fourth-order valence-corrected chi connectivity index (χ4v) is 2.89. The minimum Gasteiger partial charge on any atom is -0.287 e. The lowest BCUT2D eigenvalue weighted by Crippen LogP contribution is -2.34. The molecule has 0 aromatic carbocycles. The van der Waals surface area contributed by atoms with Crippen LogP contribution in [0.5, 0.6) is 0 Å². The van der Waals surface area contributed by atoms with Crippen LogP contribution in [0.1, 0.15) is 6.42 Å². The summed E-state index contributed by atoms with van der Waals surface area (Å²) < 4.78 is 31.8. The van der Waals surface area contributed by atoms with Crippen molar-refractivity contribution < 1.29 is 27.4 Å². The molecule has 2 rings (SSSR count). The Morgan fingerprint density at radius 2 is 2.19 bits per heavy atom. The van der Waals surface area contributed by atoms with Crippen molar-refractivity contribution in [3.8, 4) is 0 Å². The second-order valence-corrected chi connectivity index (χ2v) is 5.71. The fourth-order valence-electron chi connectivity index (χ4n) is 2.05. The van der Waals surface area contributed by atoms with Crippen LogP contribution < -0.4 is 0 Å². The molecule has 0 radical (unpaired) electrons. The Hall–Kier alpha value is -2.24. The summed E-state index contributed by atoms with van der Waals surface area (Å²) in [5.41, 5.74) is 6.76. The van der Waals surface area contributed by atoms with E-state index in [4.69, 9.17) is 14.9 Å². The van der Waals surface area contributed by atoms with Crippen LogP contribution in [-0.2, 0) is 19.8 Å². The van der Waals surface area contributed by atoms with Gasteiger partial charge in [0.2, 0.25) is 5.78 Å². The number of rotatable bonds is 2. The monoisotopic (exact) mass is 314 g/mol. The predicted molar refractivity (Wildman–Crippen MR) is 68.0 cm³/mol. The number of allylic oxidation sites excluding steroid dienone is 3. The third-order valence-electron chi connectivity index (χ3n) is 2.91. The molecular weight excluding hydrogens is 304 g/mol. The van der Waals surface area contributed by atoms with E-state index in [2.05, 4.69) is 10.1 Å². The number of ketones is 1. The van der Waals surface area contributed by atoms with Gasteiger partial charge in [0.05, 0.1) is 12.8 Å². The Balaban J connectivity index is 2.46. The maximum absolute atomic E-state index is 11.8. The van der Waals surface area contributed by atoms with Crippen LogP contribution in [0.15, 0.2) is 33.5 Å². The van der Waals surface area contributed by atoms with Crippen LogP contribution in [0.4, 0.5) is 4.79 Å². The molecule has 0 aromatic rings. The van der Waals surface area contributed by atoms with Gasteiger partial charge in [0, 0.05) is 12.5 Å². The molecule has 0 aromatic heterocycles. The van der Waals surface area contributed by atoms with E-state index in [-0.39, 0.29) is 17.8 Å². The molecule has 1 saturated heterocycles. The standard InChI is InChI=1S/C10H10N4O6S/c1-20-14-7-4-8(15)6(12-10(16)13-11)2-5(7)3-9(14)21(17,18)19/h2,4,9,11H,3H2,1H3,(H,17,18,19). The first-order chi connectivity index (χ1) is 9.77. The predicted octanol–water partition coefficient (Wildman–Crippen LogP) is 0.452. The molecule has 1 aliphatic heterocycles. The van der Waals surface area contributed by atoms with E-state index in [1.807, 2.05) is 0 Å². The van der Waals surface area contributed by atoms with E-state index in [1.165, 1.54) is 13.2 Å². The first kappa shape index (κ1) is 15.2. The first-order valence-electron chi connectivity index (χ1n) is 5.54. The van der Waals surface area contributed by atoms with E-state index < -0.39 is 27.3 Å². The number of hydroxylamine groups is 2. The zero-order valence-electron chi connectivity index (χ0n) is 10.7. The summed E-state index contributed by atoms with van der Waals surface area (Å²) in [5, 5.41) is 2.05. The van der Waals surface area contributed by atoms with Gasteiger partial charge in [0.25, 0.3) is 10.1 Å². The number of nitrogens with one attached hydrogen (secondary N) is 1. The number of hydrogen-bond donors (Lipinski definition) is 2. The number of nitrogens with zero attached hydrogens (tertiary/aromatic N) is 3. The topological polar surface area (TPSA) is 150 Å². The lowest BCUT2D eigenvalue weighted by molar-refractivity contribution is -0.111. The number of hydrogen-bond acceptors (Lipinski definition) is 7. The molecule has 2 aliphatic rings. The molecule has 112 valence electrons. The van der Waals surface area contributed by atoms with Crippen molar-refractivity contribution in [3.63, 3.8) is 0 Å². The quantitative estimate of drug-likeness (QED) is 0.426. The summed E-state index contributed by atoms with van der Waals surface area (Å²) >= 11 is 0. The Morgan fingerprint density at radius 1 is 1.52 bits per heavy atom. The highest BCUT2D eigenvalue weighted by atomic mass is 32.2. The number of aliphatic imine (C=N–C) groups is 1. The van der Waals surface area contributed by atoms with Gasteiger partial charge in [-0.3, -0.25) is 14.2 Å². The molecule has 1 heterocycles. The maximum Gasteiger partial charge on any atom is 0.385 e. The van der Waals surface area contributed by atoms with Gasteiger partial charge in [-0.05, 0) is 11.6 Å². The summed E-state index contributed by atoms with van der Waals surface area (Å²) in [6, 6.07) is -1.15. The lowest BCUT2D eigenvalue weighted by Gasteiger charge is -2.22. The minimum absolute atomic E-state index is 0.142. The third-order valence-corrected chi connectivity index (χ3v) is 3.95. The van der Waals surface area contributed by atoms with E-state index in [0.29, 0.717) is 5.57 Å². The van der Waals surface area contributed by atoms with Crippen molar-refractivity contribution in [3.05, 3.63) is 23.4 Å². The summed E-state index contributed by atoms with van der Waals surface area (Å²) in [6.45, 7) is 0. The van der Waals surface area contributed by atoms with E-state index in [0.717, 1.165) is 11.1 Å². The van der Waals surface area contributed by atoms with Crippen LogP contribution in [-0.4, -0.2) is 48.0 Å². The van der Waals surface area contributed by atoms with Crippen LogP contribution in [0.3, 0.4) is 0 Å². The minimum atomic E-state index is -4.43. The number of urea groups is 1. The van der Waals surface area contributed by atoms with Crippen molar-refractivity contribution in [1.29, 1.82) is 5.53 Å². The average Bonchev–Trinajstić information content (AvgIpc) is 2.76. The molecule has 1 atom stereocenters. The molecule has 10 nitrogen and oxygen atoms in total. The van der Waals surface area contributed by atoms with Crippen molar-refractivity contribution in [2.45, 2.75) is 11.8 Å². The molecule has 11 heteroatoms. The summed E-state index contributed by atoms with van der Waals surface area (Å²) in [7, 11) is -3.24. The first-order valence-corrected chi connectivity index (χ1v) is 7.05. The van der Waals surface area contributed by atoms with Gasteiger partial charge in [-0.1, -0.05) is 5.11 Å². The van der Waals surface area contributed by atoms with Gasteiger partial charge in [-0.15, -0.1) is 0 Å². The zero-order valence-corrected chi connectivity index (χ0v) is 11.5. The van der Waals surface area contributed by atoms with Gasteiger partial charge < -0.3 is 0 Å². The molecular formula is C10H10N4O6S. The van der Waals surface area contributed by atoms with Crippen molar-refractivity contribution in [2.24, 2.45) is 10.1 Å². The average molecular weight is 314 g/mol. The number of carbonyl (C=O) groups is 2. The summed E-state index contributed by atoms with van der Waals surface area (Å²) in [4.78, 5) is 31.0. The molecule has 0 bridgehead atoms. The van der Waals surface area contributed by atoms with Crippen LogP contribution >= 0.6 is 0 Å². The van der Waals surface area contributed by atoms with E-state index >= 15 is 0 Å². The Labute approximate surface area is 119 Å². The van der Waals surface area contributed by atoms with Crippen molar-refractivity contribution in [2.75, 3.05) is 7.11 Å². The van der Waals surface area contributed by atoms with Gasteiger partial charge in [0.15, 0.2) is 5.37 Å². The molecule has 2 amide bonds. The molecule has 21 heavy (non-hydrogen) atoms. The van der Waals surface area contributed by atoms with Crippen molar-refractivity contribution >= 4 is 27.6 Å². The smallest absolute Gasteiger partial charge is 0.287 e. The Kier molecular flexibility index (Phi) is 3.80. The third kappa shape index (κ3) is 2.79.